The first kappa shape index (κ1) is 17.3. The van der Waals surface area contributed by atoms with E-state index >= 15 is 0 Å². The van der Waals surface area contributed by atoms with Gasteiger partial charge >= 0.3 is 0 Å². The van der Waals surface area contributed by atoms with Crippen LogP contribution >= 0.6 is 0 Å². The predicted molar refractivity (Wildman–Crippen MR) is 83.7 cm³/mol. The van der Waals surface area contributed by atoms with Crippen LogP contribution in [0.3, 0.4) is 0 Å². The zero-order valence-corrected chi connectivity index (χ0v) is 13.4. The number of rotatable bonds is 5. The molecule has 0 atom stereocenters. The van der Waals surface area contributed by atoms with E-state index in [2.05, 4.69) is 5.32 Å². The Morgan fingerprint density at radius 1 is 0.957 bits per heavy atom. The maximum absolute atomic E-state index is 14.0. The van der Waals surface area contributed by atoms with Crippen molar-refractivity contribution < 1.29 is 17.9 Å². The fourth-order valence-electron chi connectivity index (χ4n) is 1.93. The molecule has 0 amide bonds. The van der Waals surface area contributed by atoms with E-state index in [4.69, 9.17) is 4.74 Å². The van der Waals surface area contributed by atoms with Gasteiger partial charge in [-0.2, -0.15) is 0 Å². The van der Waals surface area contributed by atoms with Crippen molar-refractivity contribution in [3.8, 4) is 5.75 Å². The minimum Gasteiger partial charge on any atom is -0.486 e. The Bertz CT molecular complexity index is 680. The van der Waals surface area contributed by atoms with E-state index in [1.54, 1.807) is 6.07 Å². The van der Waals surface area contributed by atoms with Crippen molar-refractivity contribution in [3.05, 3.63) is 65.0 Å². The SMILES string of the molecule is CC(C)(C)NCc1ccc(OCc2ccc(F)cc2F)c(F)c1. The number of ether oxygens (including phenoxy) is 1. The Morgan fingerprint density at radius 2 is 1.70 bits per heavy atom. The van der Waals surface area contributed by atoms with Gasteiger partial charge < -0.3 is 10.1 Å². The van der Waals surface area contributed by atoms with Crippen LogP contribution < -0.4 is 10.1 Å². The van der Waals surface area contributed by atoms with Crippen molar-refractivity contribution in [3.63, 3.8) is 0 Å². The molecule has 0 aliphatic heterocycles. The van der Waals surface area contributed by atoms with Crippen LogP contribution in [0.15, 0.2) is 36.4 Å². The van der Waals surface area contributed by atoms with Gasteiger partial charge in [-0.15, -0.1) is 0 Å². The van der Waals surface area contributed by atoms with Gasteiger partial charge in [0.25, 0.3) is 0 Å². The van der Waals surface area contributed by atoms with E-state index in [9.17, 15) is 13.2 Å². The second-order valence-corrected chi connectivity index (χ2v) is 6.39. The summed E-state index contributed by atoms with van der Waals surface area (Å²) in [5.41, 5.74) is 0.896. The van der Waals surface area contributed by atoms with Gasteiger partial charge in [-0.1, -0.05) is 6.07 Å². The van der Waals surface area contributed by atoms with Crippen molar-refractivity contribution >= 4 is 0 Å². The minimum absolute atomic E-state index is 0.0354. The number of hydrogen-bond acceptors (Lipinski definition) is 2. The zero-order valence-electron chi connectivity index (χ0n) is 13.4. The Kier molecular flexibility index (Phi) is 5.31. The van der Waals surface area contributed by atoms with Crippen molar-refractivity contribution in [1.82, 2.24) is 5.32 Å². The summed E-state index contributed by atoms with van der Waals surface area (Å²) in [7, 11) is 0. The van der Waals surface area contributed by atoms with E-state index in [1.807, 2.05) is 20.8 Å². The van der Waals surface area contributed by atoms with E-state index in [1.165, 1.54) is 18.2 Å². The Hall–Kier alpha value is -2.01. The summed E-state index contributed by atoms with van der Waals surface area (Å²) in [6.07, 6.45) is 0. The lowest BCUT2D eigenvalue weighted by Gasteiger charge is -2.20. The zero-order chi connectivity index (χ0) is 17.0. The Labute approximate surface area is 134 Å². The van der Waals surface area contributed by atoms with Crippen LogP contribution in [0.1, 0.15) is 31.9 Å². The van der Waals surface area contributed by atoms with E-state index < -0.39 is 17.5 Å². The largest absolute Gasteiger partial charge is 0.486 e. The summed E-state index contributed by atoms with van der Waals surface area (Å²) in [4.78, 5) is 0. The molecule has 0 aliphatic carbocycles. The fraction of sp³-hybridized carbons (Fsp3) is 0.333. The number of hydrogen-bond donors (Lipinski definition) is 1. The molecule has 0 aromatic heterocycles. The highest BCUT2D eigenvalue weighted by molar-refractivity contribution is 5.30. The smallest absolute Gasteiger partial charge is 0.165 e. The lowest BCUT2D eigenvalue weighted by molar-refractivity contribution is 0.284. The number of benzene rings is 2. The van der Waals surface area contributed by atoms with Crippen molar-refractivity contribution in [1.29, 1.82) is 0 Å². The third-order valence-electron chi connectivity index (χ3n) is 3.22. The molecule has 0 saturated heterocycles. The van der Waals surface area contributed by atoms with Crippen molar-refractivity contribution in [2.45, 2.75) is 39.5 Å². The number of nitrogens with one attached hydrogen (secondary N) is 1. The van der Waals surface area contributed by atoms with Gasteiger partial charge in [0.2, 0.25) is 0 Å². The highest BCUT2D eigenvalue weighted by Crippen LogP contribution is 2.21. The highest BCUT2D eigenvalue weighted by atomic mass is 19.1. The molecule has 0 aliphatic rings. The molecule has 2 aromatic carbocycles. The molecule has 0 heterocycles. The van der Waals surface area contributed by atoms with Crippen LogP contribution in [-0.2, 0) is 13.2 Å². The van der Waals surface area contributed by atoms with E-state index in [-0.39, 0.29) is 23.5 Å². The van der Waals surface area contributed by atoms with Gasteiger partial charge in [0.15, 0.2) is 11.6 Å². The standard InChI is InChI=1S/C18H20F3NO/c1-18(2,3)22-10-12-4-7-17(16(21)8-12)23-11-13-5-6-14(19)9-15(13)20/h4-9,22H,10-11H2,1-3H3. The first-order chi connectivity index (χ1) is 10.7. The average Bonchev–Trinajstić information content (AvgIpc) is 2.45. The summed E-state index contributed by atoms with van der Waals surface area (Å²) < 4.78 is 45.7. The van der Waals surface area contributed by atoms with Crippen LogP contribution in [0.25, 0.3) is 0 Å². The van der Waals surface area contributed by atoms with Crippen LogP contribution in [0.2, 0.25) is 0 Å². The lowest BCUT2D eigenvalue weighted by Crippen LogP contribution is -2.35. The molecule has 2 rings (SSSR count). The lowest BCUT2D eigenvalue weighted by atomic mass is 10.1. The molecule has 0 fully saturated rings. The maximum Gasteiger partial charge on any atom is 0.165 e. The minimum atomic E-state index is -0.712. The molecule has 0 radical (unpaired) electrons. The maximum atomic E-state index is 14.0. The van der Waals surface area contributed by atoms with E-state index in [0.29, 0.717) is 6.54 Å². The third-order valence-corrected chi connectivity index (χ3v) is 3.22. The summed E-state index contributed by atoms with van der Waals surface area (Å²) in [5.74, 6) is -1.85. The molecule has 2 nitrogen and oxygen atoms in total. The van der Waals surface area contributed by atoms with Gasteiger partial charge in [0, 0.05) is 23.7 Å². The topological polar surface area (TPSA) is 21.3 Å². The second kappa shape index (κ2) is 7.04. The molecule has 0 saturated carbocycles. The van der Waals surface area contributed by atoms with Gasteiger partial charge in [0.05, 0.1) is 0 Å². The van der Waals surface area contributed by atoms with Crippen LogP contribution in [-0.4, -0.2) is 5.54 Å². The molecule has 1 N–H and O–H groups in total. The summed E-state index contributed by atoms with van der Waals surface area (Å²) in [6.45, 7) is 6.45. The Balaban J connectivity index is 2.01. The van der Waals surface area contributed by atoms with Gasteiger partial charge in [0.1, 0.15) is 18.2 Å². The fourth-order valence-corrected chi connectivity index (χ4v) is 1.93. The molecule has 124 valence electrons. The average molecular weight is 323 g/mol. The van der Waals surface area contributed by atoms with Crippen LogP contribution in [0.4, 0.5) is 13.2 Å². The molecular formula is C18H20F3NO. The molecular weight excluding hydrogens is 303 g/mol. The highest BCUT2D eigenvalue weighted by Gasteiger charge is 2.11. The van der Waals surface area contributed by atoms with E-state index in [0.717, 1.165) is 17.7 Å². The van der Waals surface area contributed by atoms with Crippen molar-refractivity contribution in [2.75, 3.05) is 0 Å². The molecule has 0 bridgehead atoms. The van der Waals surface area contributed by atoms with Gasteiger partial charge in [-0.3, -0.25) is 0 Å². The predicted octanol–water partition coefficient (Wildman–Crippen LogP) is 4.57. The third kappa shape index (κ3) is 5.28. The first-order valence-electron chi connectivity index (χ1n) is 7.35. The molecule has 0 spiro atoms. The monoisotopic (exact) mass is 323 g/mol. The Morgan fingerprint density at radius 3 is 2.30 bits per heavy atom. The quantitative estimate of drug-likeness (QED) is 0.870. The summed E-state index contributed by atoms with van der Waals surface area (Å²) in [6, 6.07) is 7.84. The molecule has 23 heavy (non-hydrogen) atoms. The molecule has 0 unspecified atom stereocenters. The molecule has 5 heteroatoms. The summed E-state index contributed by atoms with van der Waals surface area (Å²) >= 11 is 0. The van der Waals surface area contributed by atoms with Gasteiger partial charge in [-0.05, 0) is 50.6 Å². The second-order valence-electron chi connectivity index (χ2n) is 6.39. The van der Waals surface area contributed by atoms with Crippen LogP contribution in [0.5, 0.6) is 5.75 Å². The number of halogens is 3. The summed E-state index contributed by atoms with van der Waals surface area (Å²) in [5, 5.41) is 3.26. The normalized spacial score (nSPS) is 11.6. The van der Waals surface area contributed by atoms with Crippen LogP contribution in [0, 0.1) is 17.5 Å². The van der Waals surface area contributed by atoms with Crippen molar-refractivity contribution in [2.24, 2.45) is 0 Å². The first-order valence-corrected chi connectivity index (χ1v) is 7.35. The van der Waals surface area contributed by atoms with Gasteiger partial charge in [-0.25, -0.2) is 13.2 Å². The molecule has 2 aromatic rings.